The number of nitrogens with zero attached hydrogens (tertiary/aromatic N) is 2. The highest BCUT2D eigenvalue weighted by atomic mass is 35.5. The summed E-state index contributed by atoms with van der Waals surface area (Å²) in [5.41, 5.74) is 1.96. The Morgan fingerprint density at radius 2 is 1.81 bits per heavy atom. The zero-order chi connectivity index (χ0) is 21.8. The van der Waals surface area contributed by atoms with Crippen molar-refractivity contribution >= 4 is 46.1 Å². The molecule has 160 valence electrons. The van der Waals surface area contributed by atoms with E-state index in [0.29, 0.717) is 47.3 Å². The molecule has 0 bridgehead atoms. The van der Waals surface area contributed by atoms with Crippen LogP contribution < -0.4 is 15.0 Å². The van der Waals surface area contributed by atoms with Crippen molar-refractivity contribution in [1.82, 2.24) is 4.90 Å². The van der Waals surface area contributed by atoms with Crippen molar-refractivity contribution in [2.24, 2.45) is 0 Å². The van der Waals surface area contributed by atoms with Crippen LogP contribution in [0.15, 0.2) is 60.0 Å². The average molecular weight is 456 g/mol. The van der Waals surface area contributed by atoms with Crippen LogP contribution in [0.3, 0.4) is 0 Å². The molecule has 1 fully saturated rings. The van der Waals surface area contributed by atoms with Crippen molar-refractivity contribution in [2.75, 3.05) is 43.5 Å². The van der Waals surface area contributed by atoms with Crippen molar-refractivity contribution < 1.29 is 14.3 Å². The number of rotatable bonds is 5. The average Bonchev–Trinajstić information content (AvgIpc) is 3.35. The van der Waals surface area contributed by atoms with Crippen molar-refractivity contribution in [1.29, 1.82) is 0 Å². The number of nitrogens with one attached hydrogen (secondary N) is 1. The maximum atomic E-state index is 13.1. The number of carbonyl (C=O) groups excluding carboxylic acids is 2. The molecular formula is C23H22ClN3O3S. The standard InChI is InChI=1S/C23H22ClN3O3S/c1-30-20-6-3-2-5-19(20)26-10-12-27(13-11-26)23(29)16-8-9-17(24)18(15-16)25-22(28)21-7-4-14-31-21/h2-9,14-15H,10-13H2,1H3,(H,25,28). The number of anilines is 2. The number of hydrogen-bond donors (Lipinski definition) is 1. The third kappa shape index (κ3) is 4.68. The summed E-state index contributed by atoms with van der Waals surface area (Å²) in [7, 11) is 1.66. The highest BCUT2D eigenvalue weighted by molar-refractivity contribution is 7.12. The smallest absolute Gasteiger partial charge is 0.265 e. The minimum Gasteiger partial charge on any atom is -0.495 e. The van der Waals surface area contributed by atoms with E-state index in [1.165, 1.54) is 11.3 Å². The molecule has 6 nitrogen and oxygen atoms in total. The zero-order valence-electron chi connectivity index (χ0n) is 17.0. The van der Waals surface area contributed by atoms with E-state index in [9.17, 15) is 9.59 Å². The van der Waals surface area contributed by atoms with Gasteiger partial charge in [0, 0.05) is 31.7 Å². The number of methoxy groups -OCH3 is 1. The summed E-state index contributed by atoms with van der Waals surface area (Å²) in [6.45, 7) is 2.61. The fourth-order valence-electron chi connectivity index (χ4n) is 3.57. The van der Waals surface area contributed by atoms with Crippen LogP contribution in [0.4, 0.5) is 11.4 Å². The summed E-state index contributed by atoms with van der Waals surface area (Å²) in [5, 5.41) is 5.02. The zero-order valence-corrected chi connectivity index (χ0v) is 18.6. The summed E-state index contributed by atoms with van der Waals surface area (Å²) in [4.78, 5) is 30.1. The van der Waals surface area contributed by atoms with Crippen LogP contribution in [0, 0.1) is 0 Å². The molecule has 2 heterocycles. The fourth-order valence-corrected chi connectivity index (χ4v) is 4.35. The second-order valence-corrected chi connectivity index (χ2v) is 8.43. The van der Waals surface area contributed by atoms with Gasteiger partial charge in [-0.1, -0.05) is 29.8 Å². The Bertz CT molecular complexity index is 1080. The first-order chi connectivity index (χ1) is 15.1. The van der Waals surface area contributed by atoms with E-state index in [1.807, 2.05) is 40.6 Å². The topological polar surface area (TPSA) is 61.9 Å². The third-order valence-corrected chi connectivity index (χ3v) is 6.40. The molecule has 2 aromatic carbocycles. The molecule has 1 aliphatic rings. The molecule has 0 aliphatic carbocycles. The van der Waals surface area contributed by atoms with Gasteiger partial charge in [-0.15, -0.1) is 11.3 Å². The first kappa shape index (κ1) is 21.2. The minimum absolute atomic E-state index is 0.0806. The molecule has 8 heteroatoms. The number of halogens is 1. The summed E-state index contributed by atoms with van der Waals surface area (Å²) in [6.07, 6.45) is 0. The molecule has 2 amide bonds. The maximum Gasteiger partial charge on any atom is 0.265 e. The highest BCUT2D eigenvalue weighted by Gasteiger charge is 2.24. The van der Waals surface area contributed by atoms with Crippen LogP contribution in [0.1, 0.15) is 20.0 Å². The van der Waals surface area contributed by atoms with E-state index < -0.39 is 0 Å². The van der Waals surface area contributed by atoms with Gasteiger partial charge in [-0.25, -0.2) is 0 Å². The lowest BCUT2D eigenvalue weighted by atomic mass is 10.1. The van der Waals surface area contributed by atoms with E-state index >= 15 is 0 Å². The lowest BCUT2D eigenvalue weighted by Crippen LogP contribution is -2.48. The summed E-state index contributed by atoms with van der Waals surface area (Å²) >= 11 is 7.60. The molecule has 0 saturated carbocycles. The van der Waals surface area contributed by atoms with Gasteiger partial charge in [-0.3, -0.25) is 9.59 Å². The van der Waals surface area contributed by atoms with Crippen LogP contribution in [0.25, 0.3) is 0 Å². The van der Waals surface area contributed by atoms with E-state index in [1.54, 1.807) is 31.4 Å². The number of hydrogen-bond acceptors (Lipinski definition) is 5. The molecular weight excluding hydrogens is 434 g/mol. The molecule has 0 radical (unpaired) electrons. The van der Waals surface area contributed by atoms with Gasteiger partial charge < -0.3 is 19.9 Å². The molecule has 1 aromatic heterocycles. The van der Waals surface area contributed by atoms with Crippen LogP contribution in [-0.4, -0.2) is 50.0 Å². The summed E-state index contributed by atoms with van der Waals surface area (Å²) < 4.78 is 5.46. The van der Waals surface area contributed by atoms with E-state index in [2.05, 4.69) is 10.2 Å². The third-order valence-electron chi connectivity index (χ3n) is 5.20. The quantitative estimate of drug-likeness (QED) is 0.609. The van der Waals surface area contributed by atoms with Gasteiger partial charge in [-0.2, -0.15) is 0 Å². The van der Waals surface area contributed by atoms with Crippen LogP contribution in [0.2, 0.25) is 5.02 Å². The SMILES string of the molecule is COc1ccccc1N1CCN(C(=O)c2ccc(Cl)c(NC(=O)c3cccs3)c2)CC1. The maximum absolute atomic E-state index is 13.1. The van der Waals surface area contributed by atoms with E-state index in [4.69, 9.17) is 16.3 Å². The number of carbonyl (C=O) groups is 2. The molecule has 3 aromatic rings. The van der Waals surface area contributed by atoms with Crippen molar-refractivity contribution in [3.8, 4) is 5.75 Å². The van der Waals surface area contributed by atoms with Gasteiger partial charge in [-0.05, 0) is 41.8 Å². The Hall–Kier alpha value is -3.03. The number of para-hydroxylation sites is 2. The predicted molar refractivity (Wildman–Crippen MR) is 125 cm³/mol. The molecule has 1 N–H and O–H groups in total. The van der Waals surface area contributed by atoms with Crippen LogP contribution in [-0.2, 0) is 0 Å². The summed E-state index contributed by atoms with van der Waals surface area (Å²) in [5.74, 6) is 0.501. The van der Waals surface area contributed by atoms with Gasteiger partial charge in [0.15, 0.2) is 0 Å². The van der Waals surface area contributed by atoms with Gasteiger partial charge in [0.2, 0.25) is 0 Å². The normalized spacial score (nSPS) is 13.7. The number of amides is 2. The Labute approximate surface area is 190 Å². The number of ether oxygens (including phenoxy) is 1. The fraction of sp³-hybridized carbons (Fsp3) is 0.217. The lowest BCUT2D eigenvalue weighted by molar-refractivity contribution is 0.0746. The molecule has 31 heavy (non-hydrogen) atoms. The number of thiophene rings is 1. The Balaban J connectivity index is 1.44. The predicted octanol–water partition coefficient (Wildman–Crippen LogP) is 4.62. The van der Waals surface area contributed by atoms with Crippen LogP contribution >= 0.6 is 22.9 Å². The second-order valence-electron chi connectivity index (χ2n) is 7.08. The van der Waals surface area contributed by atoms with Gasteiger partial charge in [0.25, 0.3) is 11.8 Å². The van der Waals surface area contributed by atoms with Gasteiger partial charge >= 0.3 is 0 Å². The van der Waals surface area contributed by atoms with Crippen LogP contribution in [0.5, 0.6) is 5.75 Å². The molecule has 4 rings (SSSR count). The first-order valence-electron chi connectivity index (χ1n) is 9.88. The monoisotopic (exact) mass is 455 g/mol. The highest BCUT2D eigenvalue weighted by Crippen LogP contribution is 2.29. The Kier molecular flexibility index (Phi) is 6.44. The molecule has 1 aliphatic heterocycles. The second kappa shape index (κ2) is 9.41. The molecule has 0 atom stereocenters. The van der Waals surface area contributed by atoms with Crippen molar-refractivity contribution in [3.05, 3.63) is 75.4 Å². The molecule has 0 spiro atoms. The van der Waals surface area contributed by atoms with E-state index in [0.717, 1.165) is 11.4 Å². The van der Waals surface area contributed by atoms with Gasteiger partial charge in [0.05, 0.1) is 28.4 Å². The molecule has 1 saturated heterocycles. The van der Waals surface area contributed by atoms with Gasteiger partial charge in [0.1, 0.15) is 5.75 Å². The number of benzene rings is 2. The van der Waals surface area contributed by atoms with Crippen molar-refractivity contribution in [3.63, 3.8) is 0 Å². The summed E-state index contributed by atoms with van der Waals surface area (Å²) in [6, 6.07) is 16.4. The lowest BCUT2D eigenvalue weighted by Gasteiger charge is -2.36. The number of piperazine rings is 1. The largest absolute Gasteiger partial charge is 0.495 e. The first-order valence-corrected chi connectivity index (χ1v) is 11.1. The van der Waals surface area contributed by atoms with Crippen molar-refractivity contribution in [2.45, 2.75) is 0 Å². The Morgan fingerprint density at radius 3 is 2.52 bits per heavy atom. The molecule has 0 unspecified atom stereocenters. The van der Waals surface area contributed by atoms with E-state index in [-0.39, 0.29) is 11.8 Å². The Morgan fingerprint density at radius 1 is 1.03 bits per heavy atom. The minimum atomic E-state index is -0.244.